The molecule has 0 aliphatic rings. The van der Waals surface area contributed by atoms with E-state index in [-0.39, 0.29) is 5.82 Å². The van der Waals surface area contributed by atoms with Gasteiger partial charge in [0.05, 0.1) is 11.8 Å². The van der Waals surface area contributed by atoms with Crippen LogP contribution in [0.2, 0.25) is 0 Å². The molecule has 0 radical (unpaired) electrons. The predicted molar refractivity (Wildman–Crippen MR) is 80.9 cm³/mol. The number of aliphatic hydroxyl groups excluding tert-OH is 1. The normalized spacial score (nSPS) is 12.5. The second-order valence-corrected chi connectivity index (χ2v) is 5.33. The maximum absolute atomic E-state index is 13.0. The van der Waals surface area contributed by atoms with Crippen LogP contribution in [0.25, 0.3) is 11.0 Å². The van der Waals surface area contributed by atoms with E-state index in [2.05, 4.69) is 10.3 Å². The summed E-state index contributed by atoms with van der Waals surface area (Å²) >= 11 is 0. The molecule has 0 amide bonds. The van der Waals surface area contributed by atoms with Crippen LogP contribution in [0.1, 0.15) is 24.2 Å². The highest BCUT2D eigenvalue weighted by Crippen LogP contribution is 2.29. The quantitative estimate of drug-likeness (QED) is 0.802. The van der Waals surface area contributed by atoms with E-state index in [9.17, 15) is 9.50 Å². The van der Waals surface area contributed by atoms with Crippen molar-refractivity contribution in [2.24, 2.45) is 0 Å². The lowest BCUT2D eigenvalue weighted by molar-refractivity contribution is 0.199. The van der Waals surface area contributed by atoms with Crippen LogP contribution in [0, 0.1) is 5.82 Å². The van der Waals surface area contributed by atoms with Crippen LogP contribution in [0.5, 0.6) is 0 Å². The Kier molecular flexibility index (Phi) is 3.77. The molecule has 1 atom stereocenters. The molecule has 0 spiro atoms. The van der Waals surface area contributed by atoms with Crippen molar-refractivity contribution in [3.8, 4) is 0 Å². The van der Waals surface area contributed by atoms with Crippen LogP contribution >= 0.6 is 0 Å². The van der Waals surface area contributed by atoms with Crippen LogP contribution in [0.15, 0.2) is 41.0 Å². The van der Waals surface area contributed by atoms with Crippen LogP contribution in [-0.2, 0) is 6.54 Å². The molecule has 0 fully saturated rings. The van der Waals surface area contributed by atoms with Gasteiger partial charge in [-0.15, -0.1) is 0 Å². The summed E-state index contributed by atoms with van der Waals surface area (Å²) in [5, 5.41) is 17.6. The maximum Gasteiger partial charge on any atom is 0.158 e. The molecule has 2 aromatic carbocycles. The van der Waals surface area contributed by atoms with Gasteiger partial charge in [0.25, 0.3) is 0 Å². The first-order valence-corrected chi connectivity index (χ1v) is 6.94. The summed E-state index contributed by atoms with van der Waals surface area (Å²) in [6, 6.07) is 9.96. The van der Waals surface area contributed by atoms with Gasteiger partial charge in [0, 0.05) is 13.6 Å². The van der Waals surface area contributed by atoms with Crippen molar-refractivity contribution in [2.45, 2.75) is 19.6 Å². The number of hydrogen-bond acceptors (Lipinski definition) is 5. The van der Waals surface area contributed by atoms with Crippen molar-refractivity contribution >= 4 is 16.7 Å². The first-order chi connectivity index (χ1) is 10.5. The molecule has 1 N–H and O–H groups in total. The third kappa shape index (κ3) is 2.78. The van der Waals surface area contributed by atoms with Gasteiger partial charge in [-0.05, 0) is 52.6 Å². The molecule has 5 nitrogen and oxygen atoms in total. The fraction of sp³-hybridized carbons (Fsp3) is 0.250. The molecule has 22 heavy (non-hydrogen) atoms. The lowest BCUT2D eigenvalue weighted by Gasteiger charge is -2.20. The maximum atomic E-state index is 13.0. The van der Waals surface area contributed by atoms with Crippen LogP contribution < -0.4 is 4.90 Å². The standard InChI is InChI=1S/C16H16FN3O2/c1-10(21)12-7-14-16(19-22-18-14)15(8-12)20(2)9-11-3-5-13(17)6-4-11/h3-8,10,21H,9H2,1-2H3. The zero-order chi connectivity index (χ0) is 15.7. The van der Waals surface area contributed by atoms with E-state index in [4.69, 9.17) is 4.63 Å². The van der Waals surface area contributed by atoms with Crippen LogP contribution in [0.4, 0.5) is 10.1 Å². The largest absolute Gasteiger partial charge is 0.389 e. The topological polar surface area (TPSA) is 62.4 Å². The fourth-order valence-electron chi connectivity index (χ4n) is 2.37. The van der Waals surface area contributed by atoms with Gasteiger partial charge in [-0.3, -0.25) is 0 Å². The van der Waals surface area contributed by atoms with E-state index in [1.165, 1.54) is 12.1 Å². The second-order valence-electron chi connectivity index (χ2n) is 5.33. The molecule has 0 aliphatic carbocycles. The molecule has 1 heterocycles. The van der Waals surface area contributed by atoms with E-state index in [0.29, 0.717) is 17.6 Å². The Hall–Kier alpha value is -2.47. The molecular weight excluding hydrogens is 285 g/mol. The third-order valence-electron chi connectivity index (χ3n) is 3.59. The molecule has 1 unspecified atom stereocenters. The summed E-state index contributed by atoms with van der Waals surface area (Å²) in [5.74, 6) is -0.259. The predicted octanol–water partition coefficient (Wildman–Crippen LogP) is 3.05. The first kappa shape index (κ1) is 14.5. The number of aromatic nitrogens is 2. The van der Waals surface area contributed by atoms with Crippen molar-refractivity contribution in [2.75, 3.05) is 11.9 Å². The number of halogens is 1. The summed E-state index contributed by atoms with van der Waals surface area (Å²) in [7, 11) is 1.90. The highest BCUT2D eigenvalue weighted by Gasteiger charge is 2.15. The average molecular weight is 301 g/mol. The second kappa shape index (κ2) is 5.73. The lowest BCUT2D eigenvalue weighted by atomic mass is 10.1. The first-order valence-electron chi connectivity index (χ1n) is 6.94. The summed E-state index contributed by atoms with van der Waals surface area (Å²) in [6.07, 6.45) is -0.612. The summed E-state index contributed by atoms with van der Waals surface area (Å²) < 4.78 is 17.8. The summed E-state index contributed by atoms with van der Waals surface area (Å²) in [6.45, 7) is 2.27. The Morgan fingerprint density at radius 3 is 2.64 bits per heavy atom. The molecule has 0 bridgehead atoms. The molecule has 0 saturated heterocycles. The van der Waals surface area contributed by atoms with E-state index >= 15 is 0 Å². The van der Waals surface area contributed by atoms with Crippen molar-refractivity contribution in [3.05, 3.63) is 53.3 Å². The number of nitrogens with zero attached hydrogens (tertiary/aromatic N) is 3. The van der Waals surface area contributed by atoms with Gasteiger partial charge in [-0.1, -0.05) is 12.1 Å². The van der Waals surface area contributed by atoms with Crippen LogP contribution in [0.3, 0.4) is 0 Å². The number of fused-ring (bicyclic) bond motifs is 1. The minimum atomic E-state index is -0.612. The van der Waals surface area contributed by atoms with E-state index in [0.717, 1.165) is 16.8 Å². The van der Waals surface area contributed by atoms with Gasteiger partial charge in [0.2, 0.25) is 0 Å². The monoisotopic (exact) mass is 301 g/mol. The van der Waals surface area contributed by atoms with Gasteiger partial charge < -0.3 is 10.0 Å². The van der Waals surface area contributed by atoms with E-state index in [1.54, 1.807) is 25.1 Å². The minimum Gasteiger partial charge on any atom is -0.389 e. The van der Waals surface area contributed by atoms with E-state index in [1.807, 2.05) is 18.0 Å². The van der Waals surface area contributed by atoms with Gasteiger partial charge in [-0.25, -0.2) is 9.02 Å². The number of rotatable bonds is 4. The highest BCUT2D eigenvalue weighted by molar-refractivity contribution is 5.88. The van der Waals surface area contributed by atoms with Gasteiger partial charge in [0.15, 0.2) is 5.52 Å². The number of benzene rings is 2. The molecule has 3 rings (SSSR count). The lowest BCUT2D eigenvalue weighted by Crippen LogP contribution is -2.17. The molecule has 1 aromatic heterocycles. The fourth-order valence-corrected chi connectivity index (χ4v) is 2.37. The van der Waals surface area contributed by atoms with Crippen LogP contribution in [-0.4, -0.2) is 22.5 Å². The zero-order valence-corrected chi connectivity index (χ0v) is 12.3. The SMILES string of the molecule is CC(O)c1cc(N(C)Cc2ccc(F)cc2)c2nonc2c1. The Labute approximate surface area is 126 Å². The number of anilines is 1. The van der Waals surface area contributed by atoms with Gasteiger partial charge in [-0.2, -0.15) is 0 Å². The molecule has 114 valence electrons. The zero-order valence-electron chi connectivity index (χ0n) is 12.3. The Morgan fingerprint density at radius 1 is 1.23 bits per heavy atom. The van der Waals surface area contributed by atoms with E-state index < -0.39 is 6.10 Å². The minimum absolute atomic E-state index is 0.259. The van der Waals surface area contributed by atoms with Crippen molar-refractivity contribution in [1.29, 1.82) is 0 Å². The van der Waals surface area contributed by atoms with Crippen molar-refractivity contribution in [3.63, 3.8) is 0 Å². The Morgan fingerprint density at radius 2 is 1.95 bits per heavy atom. The number of aliphatic hydroxyl groups is 1. The summed E-state index contributed by atoms with van der Waals surface area (Å²) in [4.78, 5) is 1.96. The van der Waals surface area contributed by atoms with Crippen molar-refractivity contribution < 1.29 is 14.1 Å². The average Bonchev–Trinajstić information content (AvgIpc) is 2.96. The Bertz CT molecular complexity index is 784. The highest BCUT2D eigenvalue weighted by atomic mass is 19.1. The third-order valence-corrected chi connectivity index (χ3v) is 3.59. The van der Waals surface area contributed by atoms with Crippen molar-refractivity contribution in [1.82, 2.24) is 10.3 Å². The molecule has 3 aromatic rings. The smallest absolute Gasteiger partial charge is 0.158 e. The molecule has 6 heteroatoms. The molecule has 0 aliphatic heterocycles. The van der Waals surface area contributed by atoms with Gasteiger partial charge in [0.1, 0.15) is 11.3 Å². The van der Waals surface area contributed by atoms with Gasteiger partial charge >= 0.3 is 0 Å². The summed E-state index contributed by atoms with van der Waals surface area (Å²) in [5.41, 5.74) is 3.74. The molecular formula is C16H16FN3O2. The molecule has 0 saturated carbocycles. The Balaban J connectivity index is 1.97. The number of hydrogen-bond donors (Lipinski definition) is 1.